The summed E-state index contributed by atoms with van der Waals surface area (Å²) in [6, 6.07) is 3.36. The molecule has 7 nitrogen and oxygen atoms in total. The maximum Gasteiger partial charge on any atom is 0.322 e. The molecule has 8 heteroatoms. The Bertz CT molecular complexity index is 812. The van der Waals surface area contributed by atoms with E-state index in [0.717, 1.165) is 16.7 Å². The second-order valence-corrected chi connectivity index (χ2v) is 4.33. The molecule has 1 aromatic carbocycles. The molecule has 1 amide bonds. The molecule has 1 heterocycles. The third-order valence-corrected chi connectivity index (χ3v) is 2.96. The van der Waals surface area contributed by atoms with Gasteiger partial charge < -0.3 is 20.1 Å². The van der Waals surface area contributed by atoms with Gasteiger partial charge in [0.25, 0.3) is 11.5 Å². The molecule has 110 valence electrons. The summed E-state index contributed by atoms with van der Waals surface area (Å²) in [6.07, 6.45) is 0. The molecule has 0 spiro atoms. The first-order chi connectivity index (χ1) is 9.82. The minimum Gasteiger partial charge on any atom is -0.506 e. The number of aliphatic carboxylic acids is 1. The topological polar surface area (TPSA) is 109 Å². The second-order valence-electron chi connectivity index (χ2n) is 4.33. The first-order valence-corrected chi connectivity index (χ1v) is 5.84. The van der Waals surface area contributed by atoms with Gasteiger partial charge in [-0.3, -0.25) is 14.4 Å². The van der Waals surface area contributed by atoms with Gasteiger partial charge in [-0.2, -0.15) is 0 Å². The van der Waals surface area contributed by atoms with E-state index in [0.29, 0.717) is 0 Å². The van der Waals surface area contributed by atoms with Crippen LogP contribution in [0.2, 0.25) is 0 Å². The minimum atomic E-state index is -1.29. The van der Waals surface area contributed by atoms with Crippen molar-refractivity contribution in [1.82, 2.24) is 9.88 Å². The fourth-order valence-electron chi connectivity index (χ4n) is 1.94. The number of carbonyl (C=O) groups excluding carboxylic acids is 1. The fraction of sp³-hybridized carbons (Fsp3) is 0.154. The number of rotatable bonds is 3. The van der Waals surface area contributed by atoms with E-state index in [2.05, 4.69) is 0 Å². The van der Waals surface area contributed by atoms with Gasteiger partial charge in [0, 0.05) is 12.4 Å². The molecule has 0 unspecified atom stereocenters. The lowest BCUT2D eigenvalue weighted by Gasteiger charge is -2.11. The number of carbonyl (C=O) groups is 2. The average molecular weight is 294 g/mol. The molecule has 2 rings (SSSR count). The van der Waals surface area contributed by atoms with Crippen molar-refractivity contribution in [2.24, 2.45) is 7.05 Å². The number of aromatic nitrogens is 1. The van der Waals surface area contributed by atoms with E-state index in [1.807, 2.05) is 5.32 Å². The van der Waals surface area contributed by atoms with Crippen molar-refractivity contribution in [3.05, 3.63) is 39.9 Å². The number of hydrogen-bond acceptors (Lipinski definition) is 4. The van der Waals surface area contributed by atoms with Crippen LogP contribution >= 0.6 is 0 Å². The number of hydrogen-bond donors (Lipinski definition) is 3. The van der Waals surface area contributed by atoms with Gasteiger partial charge >= 0.3 is 5.97 Å². The van der Waals surface area contributed by atoms with Gasteiger partial charge in [0.15, 0.2) is 0 Å². The van der Waals surface area contributed by atoms with Gasteiger partial charge in [-0.25, -0.2) is 4.39 Å². The van der Waals surface area contributed by atoms with Gasteiger partial charge in [0.05, 0.1) is 5.52 Å². The number of carboxylic acid groups (broad SMARTS) is 1. The molecule has 0 saturated heterocycles. The molecule has 21 heavy (non-hydrogen) atoms. The zero-order valence-corrected chi connectivity index (χ0v) is 10.9. The monoisotopic (exact) mass is 294 g/mol. The van der Waals surface area contributed by atoms with Crippen LogP contribution in [0.5, 0.6) is 5.75 Å². The number of halogens is 1. The number of fused-ring (bicyclic) bond motifs is 1. The Balaban J connectivity index is 2.65. The van der Waals surface area contributed by atoms with Crippen LogP contribution in [-0.2, 0) is 11.8 Å². The van der Waals surface area contributed by atoms with Crippen LogP contribution in [0, 0.1) is 5.82 Å². The SMILES string of the molecule is Cn1c(=O)c(C(=O)NCC(=O)O)c(O)c2ccc(F)cc21. The Morgan fingerprint density at radius 2 is 2.05 bits per heavy atom. The smallest absolute Gasteiger partial charge is 0.322 e. The van der Waals surface area contributed by atoms with Crippen LogP contribution in [0.15, 0.2) is 23.0 Å². The van der Waals surface area contributed by atoms with Gasteiger partial charge in [0.1, 0.15) is 23.7 Å². The molecule has 0 atom stereocenters. The number of aromatic hydroxyl groups is 1. The Labute approximate surface area is 117 Å². The third kappa shape index (κ3) is 2.55. The van der Waals surface area contributed by atoms with Crippen LogP contribution < -0.4 is 10.9 Å². The number of amides is 1. The third-order valence-electron chi connectivity index (χ3n) is 2.96. The Hall–Kier alpha value is -2.90. The molecule has 0 radical (unpaired) electrons. The summed E-state index contributed by atoms with van der Waals surface area (Å²) >= 11 is 0. The summed E-state index contributed by atoms with van der Waals surface area (Å²) in [7, 11) is 1.32. The highest BCUT2D eigenvalue weighted by Crippen LogP contribution is 2.26. The van der Waals surface area contributed by atoms with Gasteiger partial charge in [0.2, 0.25) is 0 Å². The molecule has 0 aliphatic carbocycles. The molecular formula is C13H11FN2O5. The molecule has 0 aliphatic rings. The van der Waals surface area contributed by atoms with E-state index >= 15 is 0 Å². The zero-order valence-electron chi connectivity index (χ0n) is 10.9. The number of nitrogens with one attached hydrogen (secondary N) is 1. The zero-order chi connectivity index (χ0) is 15.7. The quantitative estimate of drug-likeness (QED) is 0.749. The maximum atomic E-state index is 13.2. The van der Waals surface area contributed by atoms with Gasteiger partial charge in [-0.05, 0) is 18.2 Å². The van der Waals surface area contributed by atoms with E-state index in [9.17, 15) is 23.9 Å². The van der Waals surface area contributed by atoms with Crippen molar-refractivity contribution >= 4 is 22.8 Å². The van der Waals surface area contributed by atoms with Crippen LogP contribution in [0.3, 0.4) is 0 Å². The summed E-state index contributed by atoms with van der Waals surface area (Å²) in [6.45, 7) is -0.692. The van der Waals surface area contributed by atoms with E-state index in [1.165, 1.54) is 13.1 Å². The summed E-state index contributed by atoms with van der Waals surface area (Å²) in [5, 5.41) is 20.6. The van der Waals surface area contributed by atoms with E-state index in [1.54, 1.807) is 0 Å². The first kappa shape index (κ1) is 14.5. The van der Waals surface area contributed by atoms with Crippen LogP contribution in [0.4, 0.5) is 4.39 Å². The van der Waals surface area contributed by atoms with Crippen molar-refractivity contribution in [2.75, 3.05) is 6.54 Å². The lowest BCUT2D eigenvalue weighted by atomic mass is 10.1. The Morgan fingerprint density at radius 1 is 1.38 bits per heavy atom. The second kappa shape index (κ2) is 5.23. The number of pyridine rings is 1. The fourth-order valence-corrected chi connectivity index (χ4v) is 1.94. The predicted octanol–water partition coefficient (Wildman–Crippen LogP) is 0.198. The van der Waals surface area contributed by atoms with Crippen molar-refractivity contribution in [3.8, 4) is 5.75 Å². The van der Waals surface area contributed by atoms with E-state index in [4.69, 9.17) is 5.11 Å². The molecular weight excluding hydrogens is 283 g/mol. The molecule has 3 N–H and O–H groups in total. The molecule has 0 aliphatic heterocycles. The minimum absolute atomic E-state index is 0.110. The molecule has 0 fully saturated rings. The Morgan fingerprint density at radius 3 is 2.67 bits per heavy atom. The number of aryl methyl sites for hydroxylation is 1. The highest BCUT2D eigenvalue weighted by Gasteiger charge is 2.21. The maximum absolute atomic E-state index is 13.2. The lowest BCUT2D eigenvalue weighted by Crippen LogP contribution is -2.35. The van der Waals surface area contributed by atoms with Crippen molar-refractivity contribution in [2.45, 2.75) is 0 Å². The standard InChI is InChI=1S/C13H11FN2O5/c1-16-8-4-6(14)2-3-7(8)11(19)10(13(16)21)12(20)15-5-9(17)18/h2-4,19H,5H2,1H3,(H,15,20)(H,17,18). The van der Waals surface area contributed by atoms with Crippen LogP contribution in [0.25, 0.3) is 10.9 Å². The molecule has 0 saturated carbocycles. The van der Waals surface area contributed by atoms with Gasteiger partial charge in [-0.1, -0.05) is 0 Å². The highest BCUT2D eigenvalue weighted by molar-refractivity contribution is 6.03. The van der Waals surface area contributed by atoms with Crippen LogP contribution in [0.1, 0.15) is 10.4 Å². The summed E-state index contributed by atoms with van der Waals surface area (Å²) in [5.74, 6) is -3.51. The summed E-state index contributed by atoms with van der Waals surface area (Å²) < 4.78 is 14.2. The molecule has 1 aromatic heterocycles. The number of carboxylic acids is 1. The Kier molecular flexibility index (Phi) is 3.62. The lowest BCUT2D eigenvalue weighted by molar-refractivity contribution is -0.135. The summed E-state index contributed by atoms with van der Waals surface area (Å²) in [5.41, 5.74) is -1.32. The van der Waals surface area contributed by atoms with Gasteiger partial charge in [-0.15, -0.1) is 0 Å². The summed E-state index contributed by atoms with van der Waals surface area (Å²) in [4.78, 5) is 34.3. The first-order valence-electron chi connectivity index (χ1n) is 5.84. The average Bonchev–Trinajstić information content (AvgIpc) is 2.42. The molecule has 0 bridgehead atoms. The normalized spacial score (nSPS) is 10.6. The number of nitrogens with zero attached hydrogens (tertiary/aromatic N) is 1. The predicted molar refractivity (Wildman–Crippen MR) is 70.8 cm³/mol. The van der Waals surface area contributed by atoms with Crippen LogP contribution in [-0.4, -0.2) is 33.2 Å². The van der Waals surface area contributed by atoms with E-state index in [-0.39, 0.29) is 10.9 Å². The van der Waals surface area contributed by atoms with Crippen molar-refractivity contribution in [3.63, 3.8) is 0 Å². The number of benzene rings is 1. The largest absolute Gasteiger partial charge is 0.506 e. The van der Waals surface area contributed by atoms with Crippen molar-refractivity contribution < 1.29 is 24.2 Å². The highest BCUT2D eigenvalue weighted by atomic mass is 19.1. The van der Waals surface area contributed by atoms with Crippen molar-refractivity contribution in [1.29, 1.82) is 0 Å². The molecule has 2 aromatic rings. The van der Waals surface area contributed by atoms with E-state index < -0.39 is 41.1 Å².